The van der Waals surface area contributed by atoms with Gasteiger partial charge in [-0.25, -0.2) is 0 Å². The van der Waals surface area contributed by atoms with Crippen molar-refractivity contribution in [2.24, 2.45) is 5.92 Å². The normalized spacial score (nSPS) is 10.8. The molecule has 0 aliphatic rings. The quantitative estimate of drug-likeness (QED) is 0.581. The fourth-order valence-electron chi connectivity index (χ4n) is 1.42. The van der Waals surface area contributed by atoms with Gasteiger partial charge in [-0.15, -0.1) is 0 Å². The molecule has 1 heterocycles. The lowest BCUT2D eigenvalue weighted by Gasteiger charge is -2.08. The Morgan fingerprint density at radius 1 is 1.50 bits per heavy atom. The summed E-state index contributed by atoms with van der Waals surface area (Å²) < 4.78 is 1.41. The lowest BCUT2D eigenvalue weighted by Crippen LogP contribution is -2.20. The van der Waals surface area contributed by atoms with Gasteiger partial charge in [0.05, 0.1) is 11.1 Å². The summed E-state index contributed by atoms with van der Waals surface area (Å²) in [6.45, 7) is 6.20. The molecule has 0 unspecified atom stereocenters. The predicted molar refractivity (Wildman–Crippen MR) is 61.5 cm³/mol. The lowest BCUT2D eigenvalue weighted by atomic mass is 10.1. The van der Waals surface area contributed by atoms with Crippen molar-refractivity contribution in [3.05, 3.63) is 38.3 Å². The first-order valence-corrected chi connectivity index (χ1v) is 5.27. The van der Waals surface area contributed by atoms with Crippen LogP contribution in [0.1, 0.15) is 25.8 Å². The molecule has 0 aliphatic carbocycles. The summed E-state index contributed by atoms with van der Waals surface area (Å²) in [7, 11) is 0. The molecule has 16 heavy (non-hydrogen) atoms. The molecule has 0 fully saturated rings. The highest BCUT2D eigenvalue weighted by Crippen LogP contribution is 2.14. The molecule has 0 atom stereocenters. The fourth-order valence-corrected chi connectivity index (χ4v) is 1.42. The van der Waals surface area contributed by atoms with Gasteiger partial charge in [0.25, 0.3) is 11.2 Å². The van der Waals surface area contributed by atoms with E-state index in [0.717, 1.165) is 6.42 Å². The third kappa shape index (κ3) is 2.92. The third-order valence-corrected chi connectivity index (χ3v) is 2.45. The lowest BCUT2D eigenvalue weighted by molar-refractivity contribution is -0.385. The van der Waals surface area contributed by atoms with E-state index in [4.69, 9.17) is 0 Å². The summed E-state index contributed by atoms with van der Waals surface area (Å²) in [5, 5.41) is 10.7. The summed E-state index contributed by atoms with van der Waals surface area (Å²) in [4.78, 5) is 21.8. The Morgan fingerprint density at radius 3 is 2.62 bits per heavy atom. The van der Waals surface area contributed by atoms with Gasteiger partial charge >= 0.3 is 0 Å². The van der Waals surface area contributed by atoms with E-state index in [-0.39, 0.29) is 11.2 Å². The zero-order valence-electron chi connectivity index (χ0n) is 9.77. The Bertz CT molecular complexity index is 449. The number of nitro groups is 1. The molecule has 0 N–H and O–H groups in total. The molecule has 0 radical (unpaired) electrons. The molecule has 0 aromatic carbocycles. The van der Waals surface area contributed by atoms with Gasteiger partial charge in [-0.1, -0.05) is 13.8 Å². The van der Waals surface area contributed by atoms with E-state index in [1.807, 2.05) is 13.8 Å². The standard InChI is InChI=1S/C11H16N2O3/c1-8(2)4-5-12-7-10(13(15)16)9(3)6-11(12)14/h6-8H,4-5H2,1-3H3. The van der Waals surface area contributed by atoms with E-state index in [9.17, 15) is 14.9 Å². The number of pyridine rings is 1. The average Bonchev–Trinajstić information content (AvgIpc) is 2.15. The number of nitrogens with zero attached hydrogens (tertiary/aromatic N) is 2. The summed E-state index contributed by atoms with van der Waals surface area (Å²) in [6, 6.07) is 1.32. The third-order valence-electron chi connectivity index (χ3n) is 2.45. The maximum absolute atomic E-state index is 11.6. The molecule has 5 nitrogen and oxygen atoms in total. The molecule has 0 spiro atoms. The number of aryl methyl sites for hydroxylation is 2. The first-order valence-electron chi connectivity index (χ1n) is 5.27. The maximum atomic E-state index is 11.6. The molecule has 5 heteroatoms. The number of aromatic nitrogens is 1. The molecular formula is C11H16N2O3. The van der Waals surface area contributed by atoms with Crippen LogP contribution in [0, 0.1) is 23.0 Å². The second kappa shape index (κ2) is 4.92. The Kier molecular flexibility index (Phi) is 3.82. The van der Waals surface area contributed by atoms with Crippen molar-refractivity contribution in [3.8, 4) is 0 Å². The van der Waals surface area contributed by atoms with Gasteiger partial charge in [0.2, 0.25) is 0 Å². The maximum Gasteiger partial charge on any atom is 0.288 e. The highest BCUT2D eigenvalue weighted by atomic mass is 16.6. The van der Waals surface area contributed by atoms with Gasteiger partial charge in [0, 0.05) is 18.2 Å². The van der Waals surface area contributed by atoms with Crippen molar-refractivity contribution in [3.63, 3.8) is 0 Å². The van der Waals surface area contributed by atoms with Gasteiger partial charge in [-0.2, -0.15) is 0 Å². The fraction of sp³-hybridized carbons (Fsp3) is 0.545. The van der Waals surface area contributed by atoms with Gasteiger partial charge < -0.3 is 4.57 Å². The summed E-state index contributed by atoms with van der Waals surface area (Å²) >= 11 is 0. The van der Waals surface area contributed by atoms with Crippen LogP contribution in [0.2, 0.25) is 0 Å². The van der Waals surface area contributed by atoms with Gasteiger partial charge in [-0.05, 0) is 19.3 Å². The van der Waals surface area contributed by atoms with Crippen molar-refractivity contribution in [1.29, 1.82) is 0 Å². The average molecular weight is 224 g/mol. The molecule has 0 saturated heterocycles. The van der Waals surface area contributed by atoms with Crippen molar-refractivity contribution in [2.45, 2.75) is 33.7 Å². The smallest absolute Gasteiger partial charge is 0.288 e. The topological polar surface area (TPSA) is 65.1 Å². The second-order valence-corrected chi connectivity index (χ2v) is 4.31. The molecule has 0 amide bonds. The van der Waals surface area contributed by atoms with Crippen LogP contribution >= 0.6 is 0 Å². The largest absolute Gasteiger partial charge is 0.309 e. The van der Waals surface area contributed by atoms with E-state index in [1.165, 1.54) is 16.8 Å². The number of rotatable bonds is 4. The van der Waals surface area contributed by atoms with Crippen LogP contribution < -0.4 is 5.56 Å². The van der Waals surface area contributed by atoms with Gasteiger partial charge in [-0.3, -0.25) is 14.9 Å². The van der Waals surface area contributed by atoms with Gasteiger partial charge in [0.15, 0.2) is 0 Å². The van der Waals surface area contributed by atoms with Crippen molar-refractivity contribution >= 4 is 5.69 Å². The van der Waals surface area contributed by atoms with Crippen LogP contribution in [0.25, 0.3) is 0 Å². The zero-order valence-corrected chi connectivity index (χ0v) is 9.77. The minimum atomic E-state index is -0.458. The second-order valence-electron chi connectivity index (χ2n) is 4.31. The highest BCUT2D eigenvalue weighted by molar-refractivity contribution is 5.35. The van der Waals surface area contributed by atoms with Crippen LogP contribution in [0.15, 0.2) is 17.1 Å². The summed E-state index contributed by atoms with van der Waals surface area (Å²) in [5.74, 6) is 0.465. The predicted octanol–water partition coefficient (Wildman–Crippen LogP) is 2.11. The molecule has 1 rings (SSSR count). The van der Waals surface area contributed by atoms with Crippen LogP contribution in [0.4, 0.5) is 5.69 Å². The Morgan fingerprint density at radius 2 is 2.12 bits per heavy atom. The minimum absolute atomic E-state index is 0.00311. The number of hydrogen-bond donors (Lipinski definition) is 0. The van der Waals surface area contributed by atoms with E-state index in [1.54, 1.807) is 6.92 Å². The van der Waals surface area contributed by atoms with Crippen LogP contribution in [0.5, 0.6) is 0 Å². The molecule has 88 valence electrons. The zero-order chi connectivity index (χ0) is 12.3. The van der Waals surface area contributed by atoms with E-state index < -0.39 is 4.92 Å². The van der Waals surface area contributed by atoms with Crippen LogP contribution in [-0.4, -0.2) is 9.49 Å². The molecule has 0 aliphatic heterocycles. The van der Waals surface area contributed by atoms with E-state index in [0.29, 0.717) is 18.0 Å². The highest BCUT2D eigenvalue weighted by Gasteiger charge is 2.13. The Labute approximate surface area is 93.9 Å². The van der Waals surface area contributed by atoms with Crippen LogP contribution in [-0.2, 0) is 6.54 Å². The first-order chi connectivity index (χ1) is 7.41. The SMILES string of the molecule is Cc1cc(=O)n(CCC(C)C)cc1[N+](=O)[O-]. The monoisotopic (exact) mass is 224 g/mol. The molecule has 0 saturated carbocycles. The van der Waals surface area contributed by atoms with Crippen LogP contribution in [0.3, 0.4) is 0 Å². The first kappa shape index (κ1) is 12.4. The van der Waals surface area contributed by atoms with Crippen molar-refractivity contribution < 1.29 is 4.92 Å². The molecular weight excluding hydrogens is 208 g/mol. The Balaban J connectivity index is 3.05. The molecule has 1 aromatic heterocycles. The van der Waals surface area contributed by atoms with Crippen molar-refractivity contribution in [1.82, 2.24) is 4.57 Å². The molecule has 1 aromatic rings. The van der Waals surface area contributed by atoms with Gasteiger partial charge in [0.1, 0.15) is 0 Å². The van der Waals surface area contributed by atoms with E-state index >= 15 is 0 Å². The molecule has 0 bridgehead atoms. The summed E-state index contributed by atoms with van der Waals surface area (Å²) in [5.41, 5.74) is 0.239. The van der Waals surface area contributed by atoms with Crippen molar-refractivity contribution in [2.75, 3.05) is 0 Å². The van der Waals surface area contributed by atoms with E-state index in [2.05, 4.69) is 0 Å². The summed E-state index contributed by atoms with van der Waals surface area (Å²) in [6.07, 6.45) is 2.17. The number of hydrogen-bond acceptors (Lipinski definition) is 3. The Hall–Kier alpha value is -1.65. The minimum Gasteiger partial charge on any atom is -0.309 e.